The number of aliphatic hydroxyl groups is 1. The lowest BCUT2D eigenvalue weighted by atomic mass is 9.87. The average molecular weight is 511 g/mol. The van der Waals surface area contributed by atoms with Gasteiger partial charge in [0.25, 0.3) is 0 Å². The molecule has 5 nitrogen and oxygen atoms in total. The fourth-order valence-corrected chi connectivity index (χ4v) is 5.88. The summed E-state index contributed by atoms with van der Waals surface area (Å²) in [7, 11) is 1.76. The van der Waals surface area contributed by atoms with Crippen LogP contribution in [0, 0.1) is 6.92 Å². The maximum atomic E-state index is 13.2. The van der Waals surface area contributed by atoms with Gasteiger partial charge in [-0.1, -0.05) is 48.9 Å². The normalized spacial score (nSPS) is 15.1. The van der Waals surface area contributed by atoms with Gasteiger partial charge >= 0.3 is 0 Å². The number of carbonyl (C=O) groups is 1. The van der Waals surface area contributed by atoms with Crippen LogP contribution in [0.25, 0.3) is 5.57 Å². The molecular weight excluding hydrogens is 472 g/mol. The second kappa shape index (κ2) is 11.5. The van der Waals surface area contributed by atoms with E-state index < -0.39 is 0 Å². The van der Waals surface area contributed by atoms with E-state index >= 15 is 0 Å². The van der Waals surface area contributed by atoms with Crippen LogP contribution in [0.4, 0.5) is 0 Å². The lowest BCUT2D eigenvalue weighted by Crippen LogP contribution is -2.37. The number of likely N-dealkylation sites (tertiary alicyclic amines) is 1. The number of pyridine rings is 1. The molecule has 0 spiro atoms. The van der Waals surface area contributed by atoms with Crippen molar-refractivity contribution < 1.29 is 14.6 Å². The highest BCUT2D eigenvalue weighted by Crippen LogP contribution is 2.42. The number of hydrogen-bond donors (Lipinski definition) is 1. The van der Waals surface area contributed by atoms with Gasteiger partial charge in [0, 0.05) is 37.0 Å². The lowest BCUT2D eigenvalue weighted by molar-refractivity contribution is -0.130. The highest BCUT2D eigenvalue weighted by Gasteiger charge is 2.29. The molecule has 2 heterocycles. The second-order valence-electron chi connectivity index (χ2n) is 10.5. The summed E-state index contributed by atoms with van der Waals surface area (Å²) in [4.78, 5) is 20.2. The Bertz CT molecular complexity index is 1350. The molecule has 5 rings (SSSR count). The zero-order valence-electron chi connectivity index (χ0n) is 22.8. The van der Waals surface area contributed by atoms with Crippen LogP contribution in [0.3, 0.4) is 0 Å². The monoisotopic (exact) mass is 510 g/mol. The van der Waals surface area contributed by atoms with Crippen molar-refractivity contribution in [3.05, 3.63) is 98.9 Å². The van der Waals surface area contributed by atoms with Gasteiger partial charge in [-0.2, -0.15) is 0 Å². The van der Waals surface area contributed by atoms with Crippen molar-refractivity contribution in [1.29, 1.82) is 0 Å². The molecule has 0 radical (unpaired) electrons. The van der Waals surface area contributed by atoms with Crippen LogP contribution in [0.15, 0.2) is 54.2 Å². The number of methoxy groups -OCH3 is 1. The topological polar surface area (TPSA) is 62.7 Å². The lowest BCUT2D eigenvalue weighted by Gasteiger charge is -2.31. The summed E-state index contributed by atoms with van der Waals surface area (Å²) < 4.78 is 5.94. The van der Waals surface area contributed by atoms with Crippen LogP contribution in [0.1, 0.15) is 64.4 Å². The zero-order chi connectivity index (χ0) is 26.6. The van der Waals surface area contributed by atoms with Crippen molar-refractivity contribution in [2.45, 2.75) is 58.8 Å². The number of aromatic nitrogens is 1. The molecule has 1 saturated heterocycles. The first-order chi connectivity index (χ1) is 18.5. The summed E-state index contributed by atoms with van der Waals surface area (Å²) in [5, 5.41) is 9.13. The number of amides is 1. The number of piperidine rings is 1. The minimum Gasteiger partial charge on any atom is -0.496 e. The third-order valence-electron chi connectivity index (χ3n) is 7.98. The van der Waals surface area contributed by atoms with E-state index in [2.05, 4.69) is 32.0 Å². The first-order valence-electron chi connectivity index (χ1n) is 13.8. The molecule has 1 amide bonds. The third-order valence-corrected chi connectivity index (χ3v) is 7.98. The molecule has 0 saturated carbocycles. The van der Waals surface area contributed by atoms with E-state index in [1.807, 2.05) is 35.4 Å². The highest BCUT2D eigenvalue weighted by atomic mass is 16.5. The first kappa shape index (κ1) is 26.2. The molecule has 0 unspecified atom stereocenters. The van der Waals surface area contributed by atoms with E-state index in [9.17, 15) is 4.79 Å². The van der Waals surface area contributed by atoms with Gasteiger partial charge in [-0.3, -0.25) is 9.78 Å². The molecule has 1 aliphatic heterocycles. The summed E-state index contributed by atoms with van der Waals surface area (Å²) in [6.07, 6.45) is 7.65. The van der Waals surface area contributed by atoms with E-state index in [0.717, 1.165) is 54.7 Å². The molecule has 2 aromatic carbocycles. The Morgan fingerprint density at radius 2 is 1.68 bits per heavy atom. The minimum atomic E-state index is 0.139. The van der Waals surface area contributed by atoms with Gasteiger partial charge in [-0.15, -0.1) is 0 Å². The molecule has 1 aliphatic carbocycles. The molecule has 1 N–H and O–H groups in total. The smallest absolute Gasteiger partial charge is 0.227 e. The molecule has 1 aromatic heterocycles. The van der Waals surface area contributed by atoms with Gasteiger partial charge in [0.05, 0.1) is 19.2 Å². The van der Waals surface area contributed by atoms with Crippen molar-refractivity contribution in [2.24, 2.45) is 0 Å². The zero-order valence-corrected chi connectivity index (χ0v) is 22.8. The van der Waals surface area contributed by atoms with Gasteiger partial charge in [0.2, 0.25) is 5.91 Å². The summed E-state index contributed by atoms with van der Waals surface area (Å²) in [5.74, 6) is 1.09. The van der Waals surface area contributed by atoms with E-state index in [4.69, 9.17) is 14.8 Å². The largest absolute Gasteiger partial charge is 0.496 e. The molecule has 198 valence electrons. The molecule has 38 heavy (non-hydrogen) atoms. The quantitative estimate of drug-likeness (QED) is 0.491. The number of hydrogen-bond acceptors (Lipinski definition) is 4. The van der Waals surface area contributed by atoms with Crippen molar-refractivity contribution in [3.8, 4) is 5.75 Å². The Kier molecular flexibility index (Phi) is 7.94. The Hall–Kier alpha value is -3.44. The number of benzene rings is 2. The molecule has 5 heteroatoms. The number of aryl methyl sites for hydroxylation is 4. The average Bonchev–Trinajstić information content (AvgIpc) is 3.10. The van der Waals surface area contributed by atoms with Crippen LogP contribution < -0.4 is 4.74 Å². The van der Waals surface area contributed by atoms with Crippen molar-refractivity contribution in [3.63, 3.8) is 0 Å². The third kappa shape index (κ3) is 5.39. The van der Waals surface area contributed by atoms with Crippen molar-refractivity contribution >= 4 is 11.5 Å². The van der Waals surface area contributed by atoms with Gasteiger partial charge in [-0.05, 0) is 84.9 Å². The SMILES string of the molecule is CCc1cnc2c(c1)CCc1cc(C)cc(OC)c1C2=C1CCN(C(=O)Cc2ccc(CCO)cc2)CC1. The number of rotatable bonds is 6. The Labute approximate surface area is 226 Å². The summed E-state index contributed by atoms with van der Waals surface area (Å²) in [6, 6.07) is 14.8. The predicted octanol–water partition coefficient (Wildman–Crippen LogP) is 5.26. The maximum absolute atomic E-state index is 13.2. The minimum absolute atomic E-state index is 0.139. The molecule has 0 bridgehead atoms. The van der Waals surface area contributed by atoms with E-state index in [0.29, 0.717) is 25.9 Å². The Balaban J connectivity index is 1.44. The van der Waals surface area contributed by atoms with Crippen LogP contribution in [-0.2, 0) is 36.9 Å². The highest BCUT2D eigenvalue weighted by molar-refractivity contribution is 5.88. The number of nitrogens with zero attached hydrogens (tertiary/aromatic N) is 2. The van der Waals surface area contributed by atoms with Gasteiger partial charge in [0.1, 0.15) is 5.75 Å². The fraction of sp³-hybridized carbons (Fsp3) is 0.394. The van der Waals surface area contributed by atoms with Crippen LogP contribution >= 0.6 is 0 Å². The van der Waals surface area contributed by atoms with Gasteiger partial charge in [-0.25, -0.2) is 0 Å². The van der Waals surface area contributed by atoms with Crippen LogP contribution in [0.5, 0.6) is 5.75 Å². The maximum Gasteiger partial charge on any atom is 0.227 e. The fourth-order valence-electron chi connectivity index (χ4n) is 5.88. The Morgan fingerprint density at radius 1 is 0.974 bits per heavy atom. The van der Waals surface area contributed by atoms with Crippen molar-refractivity contribution in [2.75, 3.05) is 26.8 Å². The molecular formula is C33H38N2O3. The van der Waals surface area contributed by atoms with E-state index in [1.165, 1.54) is 39.0 Å². The number of aliphatic hydroxyl groups excluding tert-OH is 1. The van der Waals surface area contributed by atoms with Crippen molar-refractivity contribution in [1.82, 2.24) is 9.88 Å². The second-order valence-corrected chi connectivity index (χ2v) is 10.5. The summed E-state index contributed by atoms with van der Waals surface area (Å²) in [6.45, 7) is 5.88. The molecule has 2 aliphatic rings. The van der Waals surface area contributed by atoms with Gasteiger partial charge in [0.15, 0.2) is 0 Å². The molecule has 1 fully saturated rings. The summed E-state index contributed by atoms with van der Waals surface area (Å²) in [5.41, 5.74) is 12.1. The van der Waals surface area contributed by atoms with Gasteiger partial charge < -0.3 is 14.7 Å². The van der Waals surface area contributed by atoms with Crippen LogP contribution in [-0.4, -0.2) is 47.7 Å². The summed E-state index contributed by atoms with van der Waals surface area (Å²) >= 11 is 0. The molecule has 3 aromatic rings. The molecule has 0 atom stereocenters. The standard InChI is InChI=1S/C33H38N2O3/c1-4-23-19-28-10-9-27-17-22(2)18-29(38-3)31(27)32(33(28)34-21-23)26-11-14-35(15-12-26)30(37)20-25-7-5-24(6-8-25)13-16-36/h5-8,17-19,21,36H,4,9-16,20H2,1-3H3. The number of carbonyl (C=O) groups excluding carboxylic acids is 1. The first-order valence-corrected chi connectivity index (χ1v) is 13.8. The predicted molar refractivity (Wildman–Crippen MR) is 152 cm³/mol. The number of fused-ring (bicyclic) bond motifs is 2. The van der Waals surface area contributed by atoms with E-state index in [-0.39, 0.29) is 12.5 Å². The van der Waals surface area contributed by atoms with E-state index in [1.54, 1.807) is 7.11 Å². The Morgan fingerprint density at radius 3 is 2.37 bits per heavy atom. The van der Waals surface area contributed by atoms with Crippen LogP contribution in [0.2, 0.25) is 0 Å². The number of ether oxygens (including phenoxy) is 1.